The van der Waals surface area contributed by atoms with Crippen molar-refractivity contribution in [3.8, 4) is 5.69 Å². The SMILES string of the molecule is Cc1ccc2cc(-n3nnc4cnc(NC5CCC(C(N)=O)C5)nc43)cnc2c1. The van der Waals surface area contributed by atoms with Crippen LogP contribution in [0.1, 0.15) is 24.8 Å². The monoisotopic (exact) mass is 388 g/mol. The number of rotatable bonds is 4. The van der Waals surface area contributed by atoms with Crippen molar-refractivity contribution >= 4 is 33.9 Å². The van der Waals surface area contributed by atoms with Gasteiger partial charge in [-0.2, -0.15) is 9.67 Å². The summed E-state index contributed by atoms with van der Waals surface area (Å²) in [6, 6.07) is 8.28. The number of pyridine rings is 1. The van der Waals surface area contributed by atoms with Crippen molar-refractivity contribution in [1.29, 1.82) is 0 Å². The minimum atomic E-state index is -0.244. The number of nitrogens with two attached hydrogens (primary N) is 1. The van der Waals surface area contributed by atoms with E-state index in [9.17, 15) is 4.79 Å². The van der Waals surface area contributed by atoms with E-state index in [0.717, 1.165) is 35.0 Å². The average molecular weight is 388 g/mol. The summed E-state index contributed by atoms with van der Waals surface area (Å²) in [6.07, 6.45) is 5.76. The van der Waals surface area contributed by atoms with Crippen LogP contribution in [0.25, 0.3) is 27.8 Å². The van der Waals surface area contributed by atoms with Crippen LogP contribution in [0.2, 0.25) is 0 Å². The zero-order valence-corrected chi connectivity index (χ0v) is 15.9. The van der Waals surface area contributed by atoms with Gasteiger partial charge in [0.25, 0.3) is 0 Å². The van der Waals surface area contributed by atoms with Gasteiger partial charge in [-0.25, -0.2) is 4.98 Å². The Labute approximate surface area is 166 Å². The molecule has 2 atom stereocenters. The van der Waals surface area contributed by atoms with Crippen molar-refractivity contribution in [1.82, 2.24) is 29.9 Å². The van der Waals surface area contributed by atoms with Gasteiger partial charge in [0.05, 0.1) is 23.6 Å². The second-order valence-corrected chi connectivity index (χ2v) is 7.55. The molecule has 2 unspecified atom stereocenters. The Bertz CT molecular complexity index is 1230. The highest BCUT2D eigenvalue weighted by Crippen LogP contribution is 2.27. The molecular formula is C20H20N8O. The van der Waals surface area contributed by atoms with Crippen LogP contribution in [0.4, 0.5) is 5.95 Å². The molecule has 1 fully saturated rings. The number of benzene rings is 1. The van der Waals surface area contributed by atoms with Gasteiger partial charge in [-0.05, 0) is 43.9 Å². The number of hydrogen-bond acceptors (Lipinski definition) is 7. The highest BCUT2D eigenvalue weighted by atomic mass is 16.1. The summed E-state index contributed by atoms with van der Waals surface area (Å²) in [6.45, 7) is 2.04. The number of nitrogens with zero attached hydrogens (tertiary/aromatic N) is 6. The Balaban J connectivity index is 1.47. The third-order valence-corrected chi connectivity index (χ3v) is 5.43. The summed E-state index contributed by atoms with van der Waals surface area (Å²) in [4.78, 5) is 24.9. The molecule has 1 amide bonds. The Kier molecular flexibility index (Phi) is 4.08. The predicted molar refractivity (Wildman–Crippen MR) is 108 cm³/mol. The van der Waals surface area contributed by atoms with Crippen molar-refractivity contribution < 1.29 is 4.79 Å². The van der Waals surface area contributed by atoms with Crippen LogP contribution in [-0.2, 0) is 4.79 Å². The smallest absolute Gasteiger partial charge is 0.225 e. The lowest BCUT2D eigenvalue weighted by atomic mass is 10.1. The Hall–Kier alpha value is -3.62. The van der Waals surface area contributed by atoms with Gasteiger partial charge in [0.15, 0.2) is 11.2 Å². The molecule has 1 aliphatic rings. The summed E-state index contributed by atoms with van der Waals surface area (Å²) in [5, 5.41) is 12.7. The number of aryl methyl sites for hydroxylation is 1. The molecule has 29 heavy (non-hydrogen) atoms. The molecule has 3 heterocycles. The summed E-state index contributed by atoms with van der Waals surface area (Å²) >= 11 is 0. The quantitative estimate of drug-likeness (QED) is 0.549. The summed E-state index contributed by atoms with van der Waals surface area (Å²) in [5.74, 6) is 0.156. The largest absolute Gasteiger partial charge is 0.369 e. The normalized spacial score (nSPS) is 19.1. The van der Waals surface area contributed by atoms with Crippen LogP contribution < -0.4 is 11.1 Å². The van der Waals surface area contributed by atoms with E-state index < -0.39 is 0 Å². The van der Waals surface area contributed by atoms with Crippen molar-refractivity contribution in [2.45, 2.75) is 32.2 Å². The lowest BCUT2D eigenvalue weighted by Gasteiger charge is -2.12. The fourth-order valence-corrected chi connectivity index (χ4v) is 3.86. The highest BCUT2D eigenvalue weighted by Gasteiger charge is 2.28. The van der Waals surface area contributed by atoms with E-state index in [-0.39, 0.29) is 17.9 Å². The standard InChI is InChI=1S/C20H20N8O/c1-11-2-3-12-8-15(9-22-16(12)6-11)28-19-17(26-27-28)10-23-20(25-19)24-14-5-4-13(7-14)18(21)29/h2-3,6,8-10,13-14H,4-5,7H2,1H3,(H2,21,29)(H,23,24,25). The summed E-state index contributed by atoms with van der Waals surface area (Å²) in [5.41, 5.74) is 9.49. The van der Waals surface area contributed by atoms with Gasteiger partial charge in [0, 0.05) is 17.3 Å². The van der Waals surface area contributed by atoms with E-state index in [0.29, 0.717) is 23.5 Å². The third kappa shape index (κ3) is 3.24. The number of aromatic nitrogens is 6. The molecule has 4 aromatic rings. The minimum absolute atomic E-state index is 0.0873. The molecule has 0 spiro atoms. The number of fused-ring (bicyclic) bond motifs is 2. The van der Waals surface area contributed by atoms with Gasteiger partial charge < -0.3 is 11.1 Å². The maximum atomic E-state index is 11.4. The first-order valence-corrected chi connectivity index (χ1v) is 9.58. The third-order valence-electron chi connectivity index (χ3n) is 5.43. The topological polar surface area (TPSA) is 124 Å². The van der Waals surface area contributed by atoms with Crippen LogP contribution in [0, 0.1) is 12.8 Å². The van der Waals surface area contributed by atoms with E-state index in [2.05, 4.69) is 36.6 Å². The van der Waals surface area contributed by atoms with Crippen LogP contribution in [0.3, 0.4) is 0 Å². The van der Waals surface area contributed by atoms with Crippen molar-refractivity contribution in [2.24, 2.45) is 11.7 Å². The molecule has 1 aliphatic carbocycles. The van der Waals surface area contributed by atoms with E-state index in [1.807, 2.05) is 25.1 Å². The van der Waals surface area contributed by atoms with E-state index in [1.165, 1.54) is 0 Å². The molecule has 9 heteroatoms. The van der Waals surface area contributed by atoms with Crippen molar-refractivity contribution in [3.05, 3.63) is 42.2 Å². The second kappa shape index (κ2) is 6.77. The van der Waals surface area contributed by atoms with Crippen LogP contribution in [0.5, 0.6) is 0 Å². The molecule has 1 saturated carbocycles. The van der Waals surface area contributed by atoms with Gasteiger partial charge >= 0.3 is 0 Å². The maximum Gasteiger partial charge on any atom is 0.225 e. The molecule has 9 nitrogen and oxygen atoms in total. The second-order valence-electron chi connectivity index (χ2n) is 7.55. The molecular weight excluding hydrogens is 368 g/mol. The zero-order chi connectivity index (χ0) is 20.0. The summed E-state index contributed by atoms with van der Waals surface area (Å²) in [7, 11) is 0. The van der Waals surface area contributed by atoms with E-state index >= 15 is 0 Å². The molecule has 146 valence electrons. The molecule has 0 bridgehead atoms. The fourth-order valence-electron chi connectivity index (χ4n) is 3.86. The Morgan fingerprint density at radius 3 is 2.90 bits per heavy atom. The molecule has 1 aromatic carbocycles. The Morgan fingerprint density at radius 1 is 1.17 bits per heavy atom. The van der Waals surface area contributed by atoms with Crippen LogP contribution >= 0.6 is 0 Å². The lowest BCUT2D eigenvalue weighted by Crippen LogP contribution is -2.23. The van der Waals surface area contributed by atoms with Gasteiger partial charge in [-0.15, -0.1) is 5.10 Å². The molecule has 3 N–H and O–H groups in total. The first-order valence-electron chi connectivity index (χ1n) is 9.58. The molecule has 5 rings (SSSR count). The van der Waals surface area contributed by atoms with Crippen LogP contribution in [0.15, 0.2) is 36.7 Å². The van der Waals surface area contributed by atoms with E-state index in [1.54, 1.807) is 17.1 Å². The van der Waals surface area contributed by atoms with Gasteiger partial charge in [-0.1, -0.05) is 17.3 Å². The van der Waals surface area contributed by atoms with Crippen LogP contribution in [-0.4, -0.2) is 41.9 Å². The predicted octanol–water partition coefficient (Wildman–Crippen LogP) is 2.13. The summed E-state index contributed by atoms with van der Waals surface area (Å²) < 4.78 is 1.66. The first kappa shape index (κ1) is 17.5. The number of hydrogen-bond donors (Lipinski definition) is 2. The zero-order valence-electron chi connectivity index (χ0n) is 15.9. The van der Waals surface area contributed by atoms with Crippen molar-refractivity contribution in [2.75, 3.05) is 5.32 Å². The van der Waals surface area contributed by atoms with Gasteiger partial charge in [0.1, 0.15) is 0 Å². The Morgan fingerprint density at radius 2 is 2.07 bits per heavy atom. The number of primary amides is 1. The van der Waals surface area contributed by atoms with Gasteiger partial charge in [-0.3, -0.25) is 9.78 Å². The minimum Gasteiger partial charge on any atom is -0.369 e. The molecule has 0 radical (unpaired) electrons. The van der Waals surface area contributed by atoms with Crippen molar-refractivity contribution in [3.63, 3.8) is 0 Å². The number of amides is 1. The number of anilines is 1. The number of carbonyl (C=O) groups excluding carboxylic acids is 1. The first-order chi connectivity index (χ1) is 14.1. The number of nitrogens with one attached hydrogen (secondary N) is 1. The highest BCUT2D eigenvalue weighted by molar-refractivity contribution is 5.82. The molecule has 0 saturated heterocycles. The fraction of sp³-hybridized carbons (Fsp3) is 0.300. The number of carbonyl (C=O) groups is 1. The average Bonchev–Trinajstić information content (AvgIpc) is 3.34. The van der Waals surface area contributed by atoms with Gasteiger partial charge in [0.2, 0.25) is 11.9 Å². The maximum absolute atomic E-state index is 11.4. The van der Waals surface area contributed by atoms with E-state index in [4.69, 9.17) is 5.73 Å². The lowest BCUT2D eigenvalue weighted by molar-refractivity contribution is -0.121. The molecule has 3 aromatic heterocycles. The molecule has 0 aliphatic heterocycles.